The van der Waals surface area contributed by atoms with Crippen LogP contribution in [0.2, 0.25) is 0 Å². The summed E-state index contributed by atoms with van der Waals surface area (Å²) in [4.78, 5) is 23.8. The molecule has 0 unspecified atom stereocenters. The summed E-state index contributed by atoms with van der Waals surface area (Å²) in [7, 11) is 0. The molecule has 0 aliphatic heterocycles. The first-order chi connectivity index (χ1) is 11.1. The number of carbonyl (C=O) groups excluding carboxylic acids is 1. The van der Waals surface area contributed by atoms with Crippen LogP contribution in [0.3, 0.4) is 0 Å². The van der Waals surface area contributed by atoms with E-state index in [1.54, 1.807) is 0 Å². The van der Waals surface area contributed by atoms with Gasteiger partial charge in [0.05, 0.1) is 6.61 Å². The van der Waals surface area contributed by atoms with Crippen LogP contribution in [-0.4, -0.2) is 92.5 Å². The molecule has 0 aromatic carbocycles. The van der Waals surface area contributed by atoms with Crippen LogP contribution in [0, 0.1) is 0 Å². The molecule has 0 heterocycles. The number of aliphatic hydroxyl groups is 5. The number of carboxylic acid groups (broad SMARTS) is 1. The zero-order valence-electron chi connectivity index (χ0n) is 13.4. The molecule has 0 rings (SSSR count). The zero-order valence-corrected chi connectivity index (χ0v) is 14.2. The lowest BCUT2D eigenvalue weighted by molar-refractivity contribution is -0.138. The maximum Gasteiger partial charge on any atom is 0.320 e. The van der Waals surface area contributed by atoms with Crippen LogP contribution < -0.4 is 17.2 Å². The van der Waals surface area contributed by atoms with Crippen LogP contribution >= 0.6 is 12.4 Å². The predicted molar refractivity (Wildman–Crippen MR) is 89.9 cm³/mol. The zero-order chi connectivity index (χ0) is 19.3. The number of halogens is 1. The van der Waals surface area contributed by atoms with Crippen LogP contribution in [0.1, 0.15) is 12.8 Å². The molecule has 0 spiro atoms. The number of aliphatic carboxylic acids is 1. The third-order valence-electron chi connectivity index (χ3n) is 2.71. The third-order valence-corrected chi connectivity index (χ3v) is 2.71. The summed E-state index contributed by atoms with van der Waals surface area (Å²) in [5.74, 6) is -0.987. The van der Waals surface area contributed by atoms with E-state index in [4.69, 9.17) is 47.8 Å². The third kappa shape index (κ3) is 14.5. The molecule has 0 aliphatic rings. The van der Waals surface area contributed by atoms with E-state index in [0.717, 1.165) is 0 Å². The number of rotatable bonds is 10. The number of aliphatic imine (C=N–C) groups is 1. The molecule has 12 nitrogen and oxygen atoms in total. The van der Waals surface area contributed by atoms with Crippen molar-refractivity contribution in [3.05, 3.63) is 0 Å². The van der Waals surface area contributed by atoms with Gasteiger partial charge in [0, 0.05) is 6.54 Å². The number of carboxylic acids is 1. The quantitative estimate of drug-likeness (QED) is 0.0743. The minimum Gasteiger partial charge on any atom is -0.480 e. The fourth-order valence-corrected chi connectivity index (χ4v) is 1.26. The maximum atomic E-state index is 10.2. The molecule has 0 radical (unpaired) electrons. The minimum atomic E-state index is -1.79. The van der Waals surface area contributed by atoms with Crippen molar-refractivity contribution in [3.8, 4) is 0 Å². The van der Waals surface area contributed by atoms with Gasteiger partial charge < -0.3 is 52.6 Å². The first kappa shape index (κ1) is 28.3. The van der Waals surface area contributed by atoms with E-state index in [1.165, 1.54) is 0 Å². The molecule has 0 bridgehead atoms. The molecule has 150 valence electrons. The van der Waals surface area contributed by atoms with E-state index >= 15 is 0 Å². The predicted octanol–water partition coefficient (Wildman–Crippen LogP) is -4.51. The first-order valence-corrected chi connectivity index (χ1v) is 6.90. The van der Waals surface area contributed by atoms with Crippen molar-refractivity contribution in [3.63, 3.8) is 0 Å². The second-order valence-electron chi connectivity index (χ2n) is 4.75. The molecule has 0 saturated heterocycles. The van der Waals surface area contributed by atoms with Crippen molar-refractivity contribution in [1.29, 1.82) is 0 Å². The Kier molecular flexibility index (Phi) is 18.0. The SMILES string of the molecule is Cl.NC(N)=NCCC[C@H](N)C(=O)O.O=C[C@H](O)[C@@H](O)[C@H](O)[C@H](O)CO. The second kappa shape index (κ2) is 16.0. The van der Waals surface area contributed by atoms with E-state index in [-0.39, 0.29) is 24.7 Å². The summed E-state index contributed by atoms with van der Waals surface area (Å²) >= 11 is 0. The topological polar surface area (TPSA) is 246 Å². The Morgan fingerprint density at radius 2 is 1.64 bits per heavy atom. The smallest absolute Gasteiger partial charge is 0.320 e. The normalized spacial score (nSPS) is 15.9. The lowest BCUT2D eigenvalue weighted by Gasteiger charge is -2.22. The van der Waals surface area contributed by atoms with Crippen molar-refractivity contribution >= 4 is 30.6 Å². The van der Waals surface area contributed by atoms with Gasteiger partial charge in [0.1, 0.15) is 30.5 Å². The summed E-state index contributed by atoms with van der Waals surface area (Å²) in [5.41, 5.74) is 15.3. The highest BCUT2D eigenvalue weighted by atomic mass is 35.5. The molecule has 0 fully saturated rings. The monoisotopic (exact) mass is 390 g/mol. The fourth-order valence-electron chi connectivity index (χ4n) is 1.26. The van der Waals surface area contributed by atoms with Crippen LogP contribution in [-0.2, 0) is 9.59 Å². The number of aldehydes is 1. The van der Waals surface area contributed by atoms with Crippen LogP contribution in [0.15, 0.2) is 4.99 Å². The Hall–Kier alpha value is -1.54. The molecule has 5 atom stereocenters. The minimum absolute atomic E-state index is 0. The van der Waals surface area contributed by atoms with Crippen LogP contribution in [0.5, 0.6) is 0 Å². The van der Waals surface area contributed by atoms with Crippen molar-refractivity contribution in [2.24, 2.45) is 22.2 Å². The molecular weight excluding hydrogens is 364 g/mol. The van der Waals surface area contributed by atoms with Gasteiger partial charge in [-0.15, -0.1) is 12.4 Å². The Morgan fingerprint density at radius 1 is 1.12 bits per heavy atom. The van der Waals surface area contributed by atoms with E-state index in [2.05, 4.69) is 4.99 Å². The van der Waals surface area contributed by atoms with Crippen molar-refractivity contribution in [2.75, 3.05) is 13.2 Å². The summed E-state index contributed by atoms with van der Waals surface area (Å²) in [6.07, 6.45) is -5.88. The van der Waals surface area contributed by atoms with Gasteiger partial charge in [-0.25, -0.2) is 0 Å². The largest absolute Gasteiger partial charge is 0.480 e. The number of carbonyl (C=O) groups is 2. The maximum absolute atomic E-state index is 10.2. The van der Waals surface area contributed by atoms with E-state index in [0.29, 0.717) is 19.4 Å². The summed E-state index contributed by atoms with van der Waals surface area (Å²) in [6.45, 7) is -0.340. The van der Waals surface area contributed by atoms with E-state index in [9.17, 15) is 9.59 Å². The van der Waals surface area contributed by atoms with Gasteiger partial charge in [-0.3, -0.25) is 9.79 Å². The number of hydrogen-bond donors (Lipinski definition) is 9. The van der Waals surface area contributed by atoms with Gasteiger partial charge >= 0.3 is 5.97 Å². The number of nitrogens with two attached hydrogens (primary N) is 3. The standard InChI is InChI=1S/C6H14N4O2.C6H12O6.ClH/c7-4(5(11)12)2-1-3-10-6(8)9;7-1-3(9)5(11)6(12)4(10)2-8;/h4H,1-3,7H2,(H,11,12)(H4,8,9,10);1,3-6,8-12H,2H2;1H/t4-;3-,4+,5+,6+;/m00./s1. The Balaban J connectivity index is -0.000000372. The molecule has 0 aromatic rings. The molecule has 25 heavy (non-hydrogen) atoms. The molecule has 12 N–H and O–H groups in total. The number of aliphatic hydroxyl groups excluding tert-OH is 5. The molecule has 0 amide bonds. The fraction of sp³-hybridized carbons (Fsp3) is 0.750. The summed E-state index contributed by atoms with van der Waals surface area (Å²) in [6, 6.07) is -0.820. The average Bonchev–Trinajstić information content (AvgIpc) is 2.55. The van der Waals surface area contributed by atoms with E-state index < -0.39 is 43.0 Å². The first-order valence-electron chi connectivity index (χ1n) is 6.90. The van der Waals surface area contributed by atoms with Crippen LogP contribution in [0.4, 0.5) is 0 Å². The molecule has 0 aromatic heterocycles. The van der Waals surface area contributed by atoms with Crippen molar-refractivity contribution in [2.45, 2.75) is 43.3 Å². The van der Waals surface area contributed by atoms with Gasteiger partial charge in [-0.2, -0.15) is 0 Å². The van der Waals surface area contributed by atoms with E-state index in [1.807, 2.05) is 0 Å². The highest BCUT2D eigenvalue weighted by molar-refractivity contribution is 5.85. The van der Waals surface area contributed by atoms with Gasteiger partial charge in [-0.1, -0.05) is 0 Å². The van der Waals surface area contributed by atoms with Crippen LogP contribution in [0.25, 0.3) is 0 Å². The molecule has 0 saturated carbocycles. The van der Waals surface area contributed by atoms with Gasteiger partial charge in [0.15, 0.2) is 12.2 Å². The highest BCUT2D eigenvalue weighted by Crippen LogP contribution is 2.02. The Labute approximate surface area is 150 Å². The number of guanidine groups is 1. The highest BCUT2D eigenvalue weighted by Gasteiger charge is 2.29. The average molecular weight is 391 g/mol. The Bertz CT molecular complexity index is 397. The second-order valence-corrected chi connectivity index (χ2v) is 4.75. The summed E-state index contributed by atoms with van der Waals surface area (Å²) < 4.78 is 0. The van der Waals surface area contributed by atoms with Crippen molar-refractivity contribution in [1.82, 2.24) is 0 Å². The van der Waals surface area contributed by atoms with Gasteiger partial charge in [0.25, 0.3) is 0 Å². The van der Waals surface area contributed by atoms with Gasteiger partial charge in [0.2, 0.25) is 0 Å². The Morgan fingerprint density at radius 3 is 2.00 bits per heavy atom. The molecule has 0 aliphatic carbocycles. The lowest BCUT2D eigenvalue weighted by atomic mass is 10.0. The molecular formula is C12H27ClN4O8. The number of nitrogens with zero attached hydrogens (tertiary/aromatic N) is 1. The lowest BCUT2D eigenvalue weighted by Crippen LogP contribution is -2.46. The number of hydrogen-bond acceptors (Lipinski definition) is 9. The molecule has 13 heteroatoms. The van der Waals surface area contributed by atoms with Crippen molar-refractivity contribution < 1.29 is 40.2 Å². The van der Waals surface area contributed by atoms with Gasteiger partial charge in [-0.05, 0) is 12.8 Å². The summed E-state index contributed by atoms with van der Waals surface area (Å²) in [5, 5.41) is 51.9.